The van der Waals surface area contributed by atoms with E-state index in [-0.39, 0.29) is 19.8 Å². The molecule has 21 heavy (non-hydrogen) atoms. The molecule has 0 aromatic carbocycles. The number of amides is 1. The van der Waals surface area contributed by atoms with Crippen molar-refractivity contribution < 1.29 is 28.6 Å². The van der Waals surface area contributed by atoms with E-state index in [4.69, 9.17) is 15.2 Å². The van der Waals surface area contributed by atoms with E-state index in [9.17, 15) is 14.4 Å². The lowest BCUT2D eigenvalue weighted by molar-refractivity contribution is -0.140. The molecule has 0 saturated heterocycles. The number of nitrogens with two attached hydrogens (primary N) is 1. The van der Waals surface area contributed by atoms with E-state index >= 15 is 0 Å². The molecule has 0 heterocycles. The summed E-state index contributed by atoms with van der Waals surface area (Å²) in [5.41, 5.74) is 5.53. The minimum Gasteiger partial charge on any atom is -0.462 e. The van der Waals surface area contributed by atoms with Crippen molar-refractivity contribution in [2.24, 2.45) is 5.73 Å². The summed E-state index contributed by atoms with van der Waals surface area (Å²) in [5.74, 6) is -0.924. The molecule has 0 unspecified atom stereocenters. The number of carbonyl (C=O) groups excluding carboxylic acids is 3. The number of hydrogen-bond donors (Lipinski definition) is 1. The van der Waals surface area contributed by atoms with Crippen molar-refractivity contribution in [3.63, 3.8) is 0 Å². The molecule has 2 N–H and O–H groups in total. The summed E-state index contributed by atoms with van der Waals surface area (Å²) in [6.07, 6.45) is 1.94. The van der Waals surface area contributed by atoms with Crippen LogP contribution in [-0.2, 0) is 23.8 Å². The van der Waals surface area contributed by atoms with Crippen molar-refractivity contribution in [1.29, 1.82) is 0 Å². The van der Waals surface area contributed by atoms with Crippen LogP contribution in [0.3, 0.4) is 0 Å². The maximum Gasteiger partial charge on any atom is 0.404 e. The largest absolute Gasteiger partial charge is 0.462 e. The fraction of sp³-hybridized carbons (Fsp3) is 0.500. The zero-order valence-corrected chi connectivity index (χ0v) is 12.3. The lowest BCUT2D eigenvalue weighted by Gasteiger charge is -2.05. The molecular weight excluding hydrogens is 278 g/mol. The summed E-state index contributed by atoms with van der Waals surface area (Å²) in [6, 6.07) is 0. The molecule has 0 bridgehead atoms. The molecule has 118 valence electrons. The quantitative estimate of drug-likeness (QED) is 0.299. The van der Waals surface area contributed by atoms with Crippen LogP contribution in [0.1, 0.15) is 26.7 Å². The average Bonchev–Trinajstić information content (AvgIpc) is 2.41. The Bertz CT molecular complexity index is 427. The maximum atomic E-state index is 11.5. The van der Waals surface area contributed by atoms with Crippen molar-refractivity contribution in [1.82, 2.24) is 0 Å². The molecule has 0 aliphatic heterocycles. The van der Waals surface area contributed by atoms with E-state index in [1.807, 2.05) is 0 Å². The normalized spacial score (nSPS) is 10.7. The van der Waals surface area contributed by atoms with Gasteiger partial charge in [0, 0.05) is 11.1 Å². The van der Waals surface area contributed by atoms with Crippen molar-refractivity contribution >= 4 is 18.0 Å². The molecule has 0 rings (SSSR count). The SMILES string of the molecule is C=C(C)C(=O)OCCC/C=C(\C)C(=O)OCCOC(N)=O. The summed E-state index contributed by atoms with van der Waals surface area (Å²) in [7, 11) is 0. The number of allylic oxidation sites excluding steroid dienone is 1. The third-order valence-electron chi connectivity index (χ3n) is 2.26. The summed E-state index contributed by atoms with van der Waals surface area (Å²) in [5, 5.41) is 0. The van der Waals surface area contributed by atoms with Crippen LogP contribution in [0.2, 0.25) is 0 Å². The minimum absolute atomic E-state index is 0.0524. The molecule has 0 radical (unpaired) electrons. The number of unbranched alkanes of at least 4 members (excludes halogenated alkanes) is 1. The van der Waals surface area contributed by atoms with Crippen LogP contribution < -0.4 is 5.73 Å². The maximum absolute atomic E-state index is 11.5. The van der Waals surface area contributed by atoms with Gasteiger partial charge in [-0.15, -0.1) is 0 Å². The molecule has 0 spiro atoms. The first-order chi connectivity index (χ1) is 9.84. The number of ether oxygens (including phenoxy) is 3. The second kappa shape index (κ2) is 10.5. The van der Waals surface area contributed by atoms with Gasteiger partial charge in [0.05, 0.1) is 6.61 Å². The van der Waals surface area contributed by atoms with Crippen LogP contribution in [0.5, 0.6) is 0 Å². The highest BCUT2D eigenvalue weighted by atomic mass is 16.6. The Morgan fingerprint density at radius 2 is 1.57 bits per heavy atom. The summed E-state index contributed by atoms with van der Waals surface area (Å²) in [6.45, 7) is 6.78. The Morgan fingerprint density at radius 1 is 1.00 bits per heavy atom. The van der Waals surface area contributed by atoms with E-state index in [0.717, 1.165) is 0 Å². The molecule has 7 nitrogen and oxygen atoms in total. The molecule has 0 saturated carbocycles. The molecule has 0 fully saturated rings. The van der Waals surface area contributed by atoms with Crippen molar-refractivity contribution in [3.8, 4) is 0 Å². The number of esters is 2. The summed E-state index contributed by atoms with van der Waals surface area (Å²) >= 11 is 0. The third kappa shape index (κ3) is 10.2. The van der Waals surface area contributed by atoms with Gasteiger partial charge in [0.2, 0.25) is 0 Å². The highest BCUT2D eigenvalue weighted by Gasteiger charge is 2.06. The van der Waals surface area contributed by atoms with Crippen LogP contribution in [0.25, 0.3) is 0 Å². The molecule has 0 aromatic rings. The number of carbonyl (C=O) groups is 3. The Balaban J connectivity index is 3.80. The first kappa shape index (κ1) is 18.7. The first-order valence-electron chi connectivity index (χ1n) is 6.43. The van der Waals surface area contributed by atoms with E-state index < -0.39 is 18.0 Å². The smallest absolute Gasteiger partial charge is 0.404 e. The monoisotopic (exact) mass is 299 g/mol. The Morgan fingerprint density at radius 3 is 2.14 bits per heavy atom. The zero-order valence-electron chi connectivity index (χ0n) is 12.3. The topological polar surface area (TPSA) is 105 Å². The number of hydrogen-bond acceptors (Lipinski definition) is 6. The third-order valence-corrected chi connectivity index (χ3v) is 2.26. The second-order valence-corrected chi connectivity index (χ2v) is 4.25. The number of primary amides is 1. The summed E-state index contributed by atoms with van der Waals surface area (Å²) < 4.78 is 14.2. The van der Waals surface area contributed by atoms with Crippen LogP contribution in [-0.4, -0.2) is 37.9 Å². The van der Waals surface area contributed by atoms with Crippen molar-refractivity contribution in [2.45, 2.75) is 26.7 Å². The molecular formula is C14H21NO6. The predicted octanol–water partition coefficient (Wildman–Crippen LogP) is 1.47. The Hall–Kier alpha value is -2.31. The van der Waals surface area contributed by atoms with Gasteiger partial charge in [0.15, 0.2) is 0 Å². The van der Waals surface area contributed by atoms with Gasteiger partial charge in [-0.25, -0.2) is 14.4 Å². The van der Waals surface area contributed by atoms with Crippen LogP contribution in [0.4, 0.5) is 4.79 Å². The van der Waals surface area contributed by atoms with Gasteiger partial charge in [-0.3, -0.25) is 0 Å². The van der Waals surface area contributed by atoms with Crippen LogP contribution in [0.15, 0.2) is 23.8 Å². The fourth-order valence-electron chi connectivity index (χ4n) is 1.16. The molecule has 1 amide bonds. The van der Waals surface area contributed by atoms with Crippen molar-refractivity contribution in [2.75, 3.05) is 19.8 Å². The van der Waals surface area contributed by atoms with E-state index in [0.29, 0.717) is 24.0 Å². The van der Waals surface area contributed by atoms with E-state index in [2.05, 4.69) is 11.3 Å². The second-order valence-electron chi connectivity index (χ2n) is 4.25. The van der Waals surface area contributed by atoms with Gasteiger partial charge in [0.25, 0.3) is 0 Å². The average molecular weight is 299 g/mol. The molecule has 0 aliphatic rings. The molecule has 0 atom stereocenters. The van der Waals surface area contributed by atoms with Crippen molar-refractivity contribution in [3.05, 3.63) is 23.8 Å². The predicted molar refractivity (Wildman–Crippen MR) is 75.3 cm³/mol. The van der Waals surface area contributed by atoms with Gasteiger partial charge in [-0.1, -0.05) is 12.7 Å². The van der Waals surface area contributed by atoms with Gasteiger partial charge in [-0.2, -0.15) is 0 Å². The van der Waals surface area contributed by atoms with E-state index in [1.54, 1.807) is 19.9 Å². The van der Waals surface area contributed by atoms with Gasteiger partial charge >= 0.3 is 18.0 Å². The van der Waals surface area contributed by atoms with E-state index in [1.165, 1.54) is 0 Å². The fourth-order valence-corrected chi connectivity index (χ4v) is 1.16. The first-order valence-corrected chi connectivity index (χ1v) is 6.43. The highest BCUT2D eigenvalue weighted by molar-refractivity contribution is 5.87. The van der Waals surface area contributed by atoms with Gasteiger partial charge in [-0.05, 0) is 26.7 Å². The molecule has 7 heteroatoms. The molecule has 0 aliphatic carbocycles. The minimum atomic E-state index is -0.914. The van der Waals surface area contributed by atoms with Crippen LogP contribution >= 0.6 is 0 Å². The Kier molecular flexibility index (Phi) is 9.32. The van der Waals surface area contributed by atoms with Gasteiger partial charge in [0.1, 0.15) is 13.2 Å². The Labute approximate surface area is 123 Å². The summed E-state index contributed by atoms with van der Waals surface area (Å²) in [4.78, 5) is 32.9. The zero-order chi connectivity index (χ0) is 16.3. The standard InChI is InChI=1S/C14H21NO6/c1-10(2)12(16)19-7-5-4-6-11(3)13(17)20-8-9-21-14(15)18/h6H,1,4-5,7-9H2,2-3H3,(H2,15,18)/b11-6+. The highest BCUT2D eigenvalue weighted by Crippen LogP contribution is 2.02. The lowest BCUT2D eigenvalue weighted by Crippen LogP contribution is -2.18. The van der Waals surface area contributed by atoms with Crippen LogP contribution in [0, 0.1) is 0 Å². The lowest BCUT2D eigenvalue weighted by atomic mass is 10.2. The molecule has 0 aromatic heterocycles. The number of rotatable bonds is 9. The van der Waals surface area contributed by atoms with Gasteiger partial charge < -0.3 is 19.9 Å².